The first kappa shape index (κ1) is 21.6. The minimum absolute atomic E-state index is 0.171. The molecule has 0 aromatic heterocycles. The summed E-state index contributed by atoms with van der Waals surface area (Å²) in [7, 11) is -1.54. The second kappa shape index (κ2) is 9.58. The van der Waals surface area contributed by atoms with E-state index in [2.05, 4.69) is 10.2 Å². The van der Waals surface area contributed by atoms with Crippen molar-refractivity contribution in [3.05, 3.63) is 53.6 Å². The number of likely N-dealkylation sites (N-methyl/N-ethyl adjacent to an activating group) is 1. The summed E-state index contributed by atoms with van der Waals surface area (Å²) in [5, 5.41) is 3.36. The van der Waals surface area contributed by atoms with Gasteiger partial charge >= 0.3 is 0 Å². The minimum Gasteiger partial charge on any atom is -0.493 e. The fraction of sp³-hybridized carbons (Fsp3) is 0.350. The lowest BCUT2D eigenvalue weighted by Crippen LogP contribution is -2.46. The van der Waals surface area contributed by atoms with E-state index in [1.165, 1.54) is 16.4 Å². The van der Waals surface area contributed by atoms with Crippen molar-refractivity contribution in [1.82, 2.24) is 9.21 Å². The number of hydrogen-bond acceptors (Lipinski definition) is 5. The third-order valence-corrected chi connectivity index (χ3v) is 6.81. The number of hydrogen-bond donors (Lipinski definition) is 1. The monoisotopic (exact) mass is 437 g/mol. The Morgan fingerprint density at radius 3 is 2.28 bits per heavy atom. The average Bonchev–Trinajstić information content (AvgIpc) is 2.70. The zero-order valence-corrected chi connectivity index (χ0v) is 17.7. The van der Waals surface area contributed by atoms with Crippen molar-refractivity contribution in [2.75, 3.05) is 45.2 Å². The molecule has 2 aromatic rings. The Morgan fingerprint density at radius 2 is 1.66 bits per heavy atom. The second-order valence-electron chi connectivity index (χ2n) is 6.83. The molecule has 3 rings (SSSR count). The number of piperazine rings is 1. The van der Waals surface area contributed by atoms with Gasteiger partial charge in [-0.1, -0.05) is 11.6 Å². The van der Waals surface area contributed by atoms with E-state index in [-0.39, 0.29) is 23.8 Å². The molecule has 0 unspecified atom stereocenters. The summed E-state index contributed by atoms with van der Waals surface area (Å²) >= 11 is 5.81. The zero-order chi connectivity index (χ0) is 20.9. The van der Waals surface area contributed by atoms with Crippen LogP contribution in [-0.4, -0.2) is 63.4 Å². The van der Waals surface area contributed by atoms with Crippen LogP contribution in [0, 0.1) is 0 Å². The predicted octanol–water partition coefficient (Wildman–Crippen LogP) is 2.68. The summed E-state index contributed by atoms with van der Waals surface area (Å²) in [6, 6.07) is 13.1. The Morgan fingerprint density at radius 1 is 1.03 bits per heavy atom. The standard InChI is InChI=1S/C20H24ClN3O4S/c1-23-11-13-24(14-12-23)29(26,27)19-8-4-17(5-9-19)22-20(25)10-15-28-18-6-2-16(21)3-7-18/h2-9H,10-15H2,1H3,(H,22,25). The SMILES string of the molecule is CN1CCN(S(=O)(=O)c2ccc(NC(=O)CCOc3ccc(Cl)cc3)cc2)CC1. The fourth-order valence-electron chi connectivity index (χ4n) is 2.90. The first-order valence-corrected chi connectivity index (χ1v) is 11.1. The van der Waals surface area contributed by atoms with E-state index < -0.39 is 10.0 Å². The Labute approximate surface area is 176 Å². The number of carbonyl (C=O) groups excluding carboxylic acids is 1. The summed E-state index contributed by atoms with van der Waals surface area (Å²) in [5.41, 5.74) is 0.541. The Balaban J connectivity index is 1.50. The van der Waals surface area contributed by atoms with Crippen LogP contribution < -0.4 is 10.1 Å². The number of nitrogens with one attached hydrogen (secondary N) is 1. The molecule has 1 aliphatic heterocycles. The summed E-state index contributed by atoms with van der Waals surface area (Å²) in [6.45, 7) is 2.61. The van der Waals surface area contributed by atoms with Gasteiger partial charge in [0.2, 0.25) is 15.9 Å². The third-order valence-electron chi connectivity index (χ3n) is 4.65. The van der Waals surface area contributed by atoms with E-state index in [0.29, 0.717) is 42.6 Å². The van der Waals surface area contributed by atoms with Crippen molar-refractivity contribution in [3.8, 4) is 5.75 Å². The maximum absolute atomic E-state index is 12.7. The van der Waals surface area contributed by atoms with Crippen LogP contribution in [0.5, 0.6) is 5.75 Å². The summed E-state index contributed by atoms with van der Waals surface area (Å²) in [4.78, 5) is 14.4. The molecule has 0 radical (unpaired) electrons. The minimum atomic E-state index is -3.51. The molecule has 0 spiro atoms. The van der Waals surface area contributed by atoms with E-state index in [1.54, 1.807) is 36.4 Å². The molecule has 156 valence electrons. The van der Waals surface area contributed by atoms with E-state index >= 15 is 0 Å². The number of nitrogens with zero attached hydrogens (tertiary/aromatic N) is 2. The molecular weight excluding hydrogens is 414 g/mol. The normalized spacial score (nSPS) is 15.8. The van der Waals surface area contributed by atoms with Crippen LogP contribution in [0.1, 0.15) is 6.42 Å². The summed E-state index contributed by atoms with van der Waals surface area (Å²) in [5.74, 6) is 0.425. The molecule has 0 saturated carbocycles. The largest absolute Gasteiger partial charge is 0.493 e. The maximum Gasteiger partial charge on any atom is 0.243 e. The average molecular weight is 438 g/mol. The van der Waals surface area contributed by atoms with Gasteiger partial charge in [0.05, 0.1) is 17.9 Å². The third kappa shape index (κ3) is 5.93. The van der Waals surface area contributed by atoms with Crippen molar-refractivity contribution >= 4 is 33.2 Å². The maximum atomic E-state index is 12.7. The molecule has 2 aromatic carbocycles. The molecule has 29 heavy (non-hydrogen) atoms. The van der Waals surface area contributed by atoms with E-state index in [0.717, 1.165) is 0 Å². The van der Waals surface area contributed by atoms with Gasteiger partial charge in [-0.2, -0.15) is 4.31 Å². The smallest absolute Gasteiger partial charge is 0.243 e. The van der Waals surface area contributed by atoms with Crippen molar-refractivity contribution in [2.45, 2.75) is 11.3 Å². The summed E-state index contributed by atoms with van der Waals surface area (Å²) < 4.78 is 32.4. The molecule has 1 aliphatic rings. The molecule has 9 heteroatoms. The summed E-state index contributed by atoms with van der Waals surface area (Å²) in [6.07, 6.45) is 0.171. The van der Waals surface area contributed by atoms with Crippen LogP contribution in [0.3, 0.4) is 0 Å². The van der Waals surface area contributed by atoms with E-state index in [1.807, 2.05) is 7.05 Å². The number of amides is 1. The van der Waals surface area contributed by atoms with Crippen molar-refractivity contribution in [2.24, 2.45) is 0 Å². The van der Waals surface area contributed by atoms with Crippen molar-refractivity contribution in [1.29, 1.82) is 0 Å². The Hall–Kier alpha value is -2.13. The van der Waals surface area contributed by atoms with Gasteiger partial charge in [0.15, 0.2) is 0 Å². The molecular formula is C20H24ClN3O4S. The lowest BCUT2D eigenvalue weighted by molar-refractivity contribution is -0.116. The van der Waals surface area contributed by atoms with Crippen LogP contribution >= 0.6 is 11.6 Å². The highest BCUT2D eigenvalue weighted by Gasteiger charge is 2.27. The van der Waals surface area contributed by atoms with Crippen LogP contribution in [0.25, 0.3) is 0 Å². The van der Waals surface area contributed by atoms with Gasteiger partial charge in [0.25, 0.3) is 0 Å². The molecule has 0 bridgehead atoms. The molecule has 1 fully saturated rings. The highest BCUT2D eigenvalue weighted by Crippen LogP contribution is 2.20. The number of sulfonamides is 1. The van der Waals surface area contributed by atoms with Gasteiger partial charge in [-0.05, 0) is 55.6 Å². The number of rotatable bonds is 7. The van der Waals surface area contributed by atoms with Crippen LogP contribution in [0.4, 0.5) is 5.69 Å². The van der Waals surface area contributed by atoms with Gasteiger partial charge in [0, 0.05) is 36.9 Å². The molecule has 1 saturated heterocycles. The number of anilines is 1. The quantitative estimate of drug-likeness (QED) is 0.720. The molecule has 7 nitrogen and oxygen atoms in total. The van der Waals surface area contributed by atoms with Gasteiger partial charge in [-0.3, -0.25) is 4.79 Å². The number of carbonyl (C=O) groups is 1. The van der Waals surface area contributed by atoms with E-state index in [9.17, 15) is 13.2 Å². The number of halogens is 1. The molecule has 0 aliphatic carbocycles. The molecule has 1 N–H and O–H groups in total. The van der Waals surface area contributed by atoms with Gasteiger partial charge < -0.3 is 15.0 Å². The van der Waals surface area contributed by atoms with Crippen LogP contribution in [0.15, 0.2) is 53.4 Å². The van der Waals surface area contributed by atoms with Crippen molar-refractivity contribution in [3.63, 3.8) is 0 Å². The Kier molecular flexibility index (Phi) is 7.13. The van der Waals surface area contributed by atoms with Crippen LogP contribution in [0.2, 0.25) is 5.02 Å². The highest BCUT2D eigenvalue weighted by atomic mass is 35.5. The molecule has 0 atom stereocenters. The highest BCUT2D eigenvalue weighted by molar-refractivity contribution is 7.89. The first-order chi connectivity index (χ1) is 13.8. The fourth-order valence-corrected chi connectivity index (χ4v) is 4.45. The number of ether oxygens (including phenoxy) is 1. The predicted molar refractivity (Wildman–Crippen MR) is 113 cm³/mol. The van der Waals surface area contributed by atoms with Crippen molar-refractivity contribution < 1.29 is 17.9 Å². The molecule has 1 amide bonds. The number of benzene rings is 2. The van der Waals surface area contributed by atoms with E-state index in [4.69, 9.17) is 16.3 Å². The second-order valence-corrected chi connectivity index (χ2v) is 9.21. The molecule has 1 heterocycles. The lowest BCUT2D eigenvalue weighted by atomic mass is 10.3. The van der Waals surface area contributed by atoms with Crippen LogP contribution in [-0.2, 0) is 14.8 Å². The van der Waals surface area contributed by atoms with Gasteiger partial charge in [-0.15, -0.1) is 0 Å². The topological polar surface area (TPSA) is 79.0 Å². The van der Waals surface area contributed by atoms with Gasteiger partial charge in [-0.25, -0.2) is 8.42 Å². The Bertz CT molecular complexity index is 925. The van der Waals surface area contributed by atoms with Gasteiger partial charge in [0.1, 0.15) is 5.75 Å². The zero-order valence-electron chi connectivity index (χ0n) is 16.2. The lowest BCUT2D eigenvalue weighted by Gasteiger charge is -2.31. The first-order valence-electron chi connectivity index (χ1n) is 9.31.